The fourth-order valence-corrected chi connectivity index (χ4v) is 5.81. The zero-order valence-corrected chi connectivity index (χ0v) is 21.4. The lowest BCUT2D eigenvalue weighted by Gasteiger charge is -2.30. The number of nitrogens with zero attached hydrogens (tertiary/aromatic N) is 2. The zero-order valence-electron chi connectivity index (χ0n) is 21.4. The lowest BCUT2D eigenvalue weighted by molar-refractivity contribution is -0.149. The lowest BCUT2D eigenvalue weighted by Crippen LogP contribution is -2.37. The number of carbonyl (C=O) groups excluding carboxylic acids is 2. The van der Waals surface area contributed by atoms with Gasteiger partial charge in [-0.1, -0.05) is 62.2 Å². The summed E-state index contributed by atoms with van der Waals surface area (Å²) in [6.45, 7) is 13.0. The van der Waals surface area contributed by atoms with Gasteiger partial charge in [-0.2, -0.15) is 9.78 Å². The molecule has 0 saturated carbocycles. The molecule has 2 aliphatic rings. The number of hydrogen-bond acceptors (Lipinski definition) is 4. The van der Waals surface area contributed by atoms with Gasteiger partial charge in [0.2, 0.25) is 0 Å². The van der Waals surface area contributed by atoms with Gasteiger partial charge in [-0.3, -0.25) is 9.59 Å². The molecule has 0 N–H and O–H groups in total. The van der Waals surface area contributed by atoms with Crippen LogP contribution in [0.2, 0.25) is 0 Å². The van der Waals surface area contributed by atoms with Crippen molar-refractivity contribution in [2.24, 2.45) is 17.8 Å². The highest BCUT2D eigenvalue weighted by Crippen LogP contribution is 2.46. The Balaban J connectivity index is 1.87. The van der Waals surface area contributed by atoms with Crippen LogP contribution in [0.3, 0.4) is 0 Å². The Labute approximate surface area is 203 Å². The fraction of sp³-hybridized carbons (Fsp3) is 0.552. The van der Waals surface area contributed by atoms with Gasteiger partial charge in [-0.15, -0.1) is 0 Å². The van der Waals surface area contributed by atoms with Crippen molar-refractivity contribution in [3.05, 3.63) is 52.7 Å². The molecule has 2 aliphatic carbocycles. The van der Waals surface area contributed by atoms with Crippen molar-refractivity contribution < 1.29 is 14.3 Å². The van der Waals surface area contributed by atoms with Gasteiger partial charge < -0.3 is 4.74 Å². The lowest BCUT2D eigenvalue weighted by atomic mass is 9.75. The van der Waals surface area contributed by atoms with Crippen molar-refractivity contribution >= 4 is 11.9 Å². The maximum absolute atomic E-state index is 14.2. The van der Waals surface area contributed by atoms with Gasteiger partial charge in [-0.25, -0.2) is 0 Å². The zero-order chi connectivity index (χ0) is 24.6. The molecule has 0 spiro atoms. The molecule has 0 amide bonds. The molecule has 0 radical (unpaired) electrons. The molecule has 2 aromatic rings. The Morgan fingerprint density at radius 1 is 1.06 bits per heavy atom. The summed E-state index contributed by atoms with van der Waals surface area (Å²) in [6.07, 6.45) is 3.30. The third kappa shape index (κ3) is 4.37. The second-order valence-corrected chi connectivity index (χ2v) is 10.5. The van der Waals surface area contributed by atoms with Gasteiger partial charge in [0, 0.05) is 17.0 Å². The van der Waals surface area contributed by atoms with Gasteiger partial charge in [0.25, 0.3) is 5.91 Å². The van der Waals surface area contributed by atoms with E-state index in [2.05, 4.69) is 46.8 Å². The van der Waals surface area contributed by atoms with Crippen LogP contribution in [-0.4, -0.2) is 28.3 Å². The van der Waals surface area contributed by atoms with Crippen LogP contribution in [0.4, 0.5) is 0 Å². The van der Waals surface area contributed by atoms with Crippen molar-refractivity contribution in [2.75, 3.05) is 6.61 Å². The van der Waals surface area contributed by atoms with E-state index in [1.165, 1.54) is 16.7 Å². The summed E-state index contributed by atoms with van der Waals surface area (Å²) in [7, 11) is 0. The minimum Gasteiger partial charge on any atom is -0.466 e. The number of hydrogen-bond donors (Lipinski definition) is 0. The summed E-state index contributed by atoms with van der Waals surface area (Å²) < 4.78 is 7.05. The maximum Gasteiger partial charge on any atom is 0.310 e. The van der Waals surface area contributed by atoms with Gasteiger partial charge in [0.05, 0.1) is 29.8 Å². The number of fused-ring (bicyclic) bond motifs is 1. The summed E-state index contributed by atoms with van der Waals surface area (Å²) >= 11 is 0. The fourth-order valence-electron chi connectivity index (χ4n) is 5.81. The highest BCUT2D eigenvalue weighted by Gasteiger charge is 2.42. The molecule has 0 fully saturated rings. The normalized spacial score (nSPS) is 24.8. The Morgan fingerprint density at radius 2 is 1.71 bits per heavy atom. The van der Waals surface area contributed by atoms with Crippen LogP contribution in [-0.2, 0) is 9.53 Å². The number of aromatic nitrogens is 2. The predicted molar refractivity (Wildman–Crippen MR) is 135 cm³/mol. The molecule has 4 atom stereocenters. The first-order chi connectivity index (χ1) is 16.2. The van der Waals surface area contributed by atoms with E-state index < -0.39 is 11.8 Å². The van der Waals surface area contributed by atoms with Gasteiger partial charge >= 0.3 is 5.97 Å². The Bertz CT molecular complexity index is 1100. The molecule has 0 aliphatic heterocycles. The van der Waals surface area contributed by atoms with Crippen LogP contribution in [0.1, 0.15) is 95.1 Å². The molecular weight excluding hydrogens is 424 g/mol. The van der Waals surface area contributed by atoms with E-state index in [0.29, 0.717) is 37.2 Å². The monoisotopic (exact) mass is 462 g/mol. The minimum atomic E-state index is -0.473. The third-order valence-electron chi connectivity index (χ3n) is 7.94. The number of esters is 1. The van der Waals surface area contributed by atoms with Crippen molar-refractivity contribution in [2.45, 2.75) is 79.1 Å². The Morgan fingerprint density at radius 3 is 2.32 bits per heavy atom. The molecule has 0 unspecified atom stereocenters. The van der Waals surface area contributed by atoms with Crippen LogP contribution in [0.25, 0.3) is 11.3 Å². The van der Waals surface area contributed by atoms with E-state index >= 15 is 0 Å². The van der Waals surface area contributed by atoms with E-state index in [-0.39, 0.29) is 11.9 Å². The topological polar surface area (TPSA) is 61.2 Å². The quantitative estimate of drug-likeness (QED) is 0.364. The van der Waals surface area contributed by atoms with Crippen LogP contribution in [0.15, 0.2) is 41.5 Å². The smallest absolute Gasteiger partial charge is 0.310 e. The first-order valence-electron chi connectivity index (χ1n) is 12.8. The van der Waals surface area contributed by atoms with Crippen molar-refractivity contribution in [1.29, 1.82) is 0 Å². The summed E-state index contributed by atoms with van der Waals surface area (Å²) in [6, 6.07) is 10.1. The molecule has 182 valence electrons. The molecule has 4 rings (SSSR count). The number of allylic oxidation sites excluding steroid dienone is 2. The van der Waals surface area contributed by atoms with E-state index in [1.807, 2.05) is 25.1 Å². The molecule has 0 saturated heterocycles. The molecule has 1 heterocycles. The van der Waals surface area contributed by atoms with Gasteiger partial charge in [-0.05, 0) is 58.3 Å². The number of carbonyl (C=O) groups is 2. The van der Waals surface area contributed by atoms with Crippen molar-refractivity contribution in [3.8, 4) is 11.3 Å². The molecule has 34 heavy (non-hydrogen) atoms. The summed E-state index contributed by atoms with van der Waals surface area (Å²) in [5.41, 5.74) is 6.55. The second kappa shape index (κ2) is 9.89. The van der Waals surface area contributed by atoms with E-state index in [9.17, 15) is 9.59 Å². The SMILES string of the molecule is CCOC(=O)[C@H]1CC(C)=C(C)C[C@@H]1C(=O)n1nc2c(c1-c1ccccc1)[C@H](C)CC[C@H]2C(C)C. The standard InChI is InChI=1S/C29H38N2O3/c1-7-34-29(33)24-16-20(6)19(5)15-23(24)28(32)31-27(21-11-9-8-10-12-21)25-18(4)13-14-22(17(2)3)26(25)30-31/h8-12,17-18,22-24H,7,13-16H2,1-6H3/t18-,22+,23+,24+/m1/s1. The number of benzene rings is 1. The number of rotatable bonds is 5. The molecule has 1 aromatic heterocycles. The third-order valence-corrected chi connectivity index (χ3v) is 7.94. The maximum atomic E-state index is 14.2. The number of ether oxygens (including phenoxy) is 1. The summed E-state index contributed by atoms with van der Waals surface area (Å²) in [5.74, 6) is -0.203. The van der Waals surface area contributed by atoms with Crippen LogP contribution in [0.5, 0.6) is 0 Å². The molecule has 0 bridgehead atoms. The van der Waals surface area contributed by atoms with Gasteiger partial charge in [0.15, 0.2) is 0 Å². The van der Waals surface area contributed by atoms with E-state index in [1.54, 1.807) is 4.68 Å². The van der Waals surface area contributed by atoms with Crippen molar-refractivity contribution in [1.82, 2.24) is 9.78 Å². The average Bonchev–Trinajstić information content (AvgIpc) is 3.22. The largest absolute Gasteiger partial charge is 0.466 e. The molecule has 5 nitrogen and oxygen atoms in total. The van der Waals surface area contributed by atoms with E-state index in [4.69, 9.17) is 9.84 Å². The Kier molecular flexibility index (Phi) is 7.11. The van der Waals surface area contributed by atoms with Crippen LogP contribution in [0, 0.1) is 17.8 Å². The summed E-state index contributed by atoms with van der Waals surface area (Å²) in [5, 5.41) is 5.04. The van der Waals surface area contributed by atoms with Crippen LogP contribution < -0.4 is 0 Å². The average molecular weight is 463 g/mol. The minimum absolute atomic E-state index is 0.0899. The second-order valence-electron chi connectivity index (χ2n) is 10.5. The molecular formula is C29H38N2O3. The van der Waals surface area contributed by atoms with Crippen molar-refractivity contribution in [3.63, 3.8) is 0 Å². The van der Waals surface area contributed by atoms with Gasteiger partial charge in [0.1, 0.15) is 0 Å². The van der Waals surface area contributed by atoms with E-state index in [0.717, 1.165) is 29.8 Å². The predicted octanol–water partition coefficient (Wildman–Crippen LogP) is 6.75. The molecule has 5 heteroatoms. The first kappa shape index (κ1) is 24.4. The highest BCUT2D eigenvalue weighted by atomic mass is 16.5. The van der Waals surface area contributed by atoms with Crippen LogP contribution >= 0.6 is 0 Å². The molecule has 1 aromatic carbocycles. The summed E-state index contributed by atoms with van der Waals surface area (Å²) in [4.78, 5) is 27.1. The Hall–Kier alpha value is -2.69. The highest BCUT2D eigenvalue weighted by molar-refractivity contribution is 5.91. The first-order valence-corrected chi connectivity index (χ1v) is 12.8.